The number of hydrogen-bond acceptors (Lipinski definition) is 5. The van der Waals surface area contributed by atoms with Crippen molar-refractivity contribution in [2.24, 2.45) is 0 Å². The van der Waals surface area contributed by atoms with Crippen molar-refractivity contribution < 1.29 is 23.8 Å². The number of amides is 1. The molecule has 134 valence electrons. The lowest BCUT2D eigenvalue weighted by Crippen LogP contribution is -2.28. The number of aromatic carboxylic acids is 1. The van der Waals surface area contributed by atoms with Gasteiger partial charge in [-0.05, 0) is 37.3 Å². The molecular weight excluding hydrogens is 338 g/mol. The number of carboxylic acids is 1. The van der Waals surface area contributed by atoms with Crippen LogP contribution in [0.4, 0.5) is 0 Å². The second-order valence-corrected chi connectivity index (χ2v) is 5.51. The number of aromatic amines is 1. The molecule has 8 heteroatoms. The Bertz CT molecular complexity index is 928. The predicted molar refractivity (Wildman–Crippen MR) is 92.3 cm³/mol. The number of aryl methyl sites for hydroxylation is 1. The highest BCUT2D eigenvalue weighted by Gasteiger charge is 2.13. The average Bonchev–Trinajstić information content (AvgIpc) is 3.27. The maximum absolute atomic E-state index is 12.1. The number of H-pyrrole nitrogens is 1. The van der Waals surface area contributed by atoms with Crippen LogP contribution in [0.2, 0.25) is 0 Å². The Morgan fingerprint density at radius 1 is 1.27 bits per heavy atom. The zero-order chi connectivity index (χ0) is 18.5. The SMILES string of the molecule is Cc1ccc(-c2cc(C(=O)NCCOc3cccc(C(=O)O)c3)n[nH]2)o1. The fourth-order valence-electron chi connectivity index (χ4n) is 2.29. The second-order valence-electron chi connectivity index (χ2n) is 5.51. The minimum absolute atomic E-state index is 0.142. The third-order valence-electron chi connectivity index (χ3n) is 3.55. The van der Waals surface area contributed by atoms with Crippen LogP contribution >= 0.6 is 0 Å². The summed E-state index contributed by atoms with van der Waals surface area (Å²) in [4.78, 5) is 23.0. The summed E-state index contributed by atoms with van der Waals surface area (Å²) < 4.78 is 10.9. The molecule has 0 unspecified atom stereocenters. The van der Waals surface area contributed by atoms with Crippen LogP contribution in [0, 0.1) is 6.92 Å². The van der Waals surface area contributed by atoms with Gasteiger partial charge in [-0.3, -0.25) is 9.89 Å². The number of benzene rings is 1. The summed E-state index contributed by atoms with van der Waals surface area (Å²) >= 11 is 0. The molecule has 26 heavy (non-hydrogen) atoms. The first kappa shape index (κ1) is 17.3. The van der Waals surface area contributed by atoms with E-state index >= 15 is 0 Å². The normalized spacial score (nSPS) is 10.5. The largest absolute Gasteiger partial charge is 0.492 e. The number of ether oxygens (including phenoxy) is 1. The molecule has 0 aliphatic heterocycles. The molecule has 0 aliphatic rings. The summed E-state index contributed by atoms with van der Waals surface area (Å²) in [7, 11) is 0. The number of nitrogens with zero attached hydrogens (tertiary/aromatic N) is 1. The molecule has 3 N–H and O–H groups in total. The number of carbonyl (C=O) groups is 2. The highest BCUT2D eigenvalue weighted by atomic mass is 16.5. The van der Waals surface area contributed by atoms with Crippen molar-refractivity contribution in [2.75, 3.05) is 13.2 Å². The Balaban J connectivity index is 1.49. The summed E-state index contributed by atoms with van der Waals surface area (Å²) in [6.07, 6.45) is 0. The molecule has 0 fully saturated rings. The maximum atomic E-state index is 12.1. The van der Waals surface area contributed by atoms with Crippen molar-refractivity contribution in [3.63, 3.8) is 0 Å². The van der Waals surface area contributed by atoms with Crippen molar-refractivity contribution in [1.82, 2.24) is 15.5 Å². The van der Waals surface area contributed by atoms with Crippen LogP contribution in [0.25, 0.3) is 11.5 Å². The van der Waals surface area contributed by atoms with Crippen molar-refractivity contribution in [3.8, 4) is 17.2 Å². The number of rotatable bonds is 7. The first-order chi connectivity index (χ1) is 12.5. The van der Waals surface area contributed by atoms with Gasteiger partial charge in [-0.15, -0.1) is 0 Å². The molecule has 0 saturated carbocycles. The molecule has 0 spiro atoms. The molecule has 0 aliphatic carbocycles. The summed E-state index contributed by atoms with van der Waals surface area (Å²) in [6, 6.07) is 11.4. The highest BCUT2D eigenvalue weighted by Crippen LogP contribution is 2.20. The van der Waals surface area contributed by atoms with Crippen molar-refractivity contribution in [1.29, 1.82) is 0 Å². The van der Waals surface area contributed by atoms with Gasteiger partial charge >= 0.3 is 5.97 Å². The van der Waals surface area contributed by atoms with Crippen LogP contribution in [0.3, 0.4) is 0 Å². The van der Waals surface area contributed by atoms with Crippen LogP contribution in [-0.2, 0) is 0 Å². The van der Waals surface area contributed by atoms with E-state index in [2.05, 4.69) is 15.5 Å². The topological polar surface area (TPSA) is 117 Å². The van der Waals surface area contributed by atoms with Gasteiger partial charge in [-0.2, -0.15) is 5.10 Å². The van der Waals surface area contributed by atoms with Crippen LogP contribution in [0.5, 0.6) is 5.75 Å². The summed E-state index contributed by atoms with van der Waals surface area (Å²) in [6.45, 7) is 2.28. The number of furan rings is 1. The Kier molecular flexibility index (Phi) is 5.02. The molecule has 8 nitrogen and oxygen atoms in total. The van der Waals surface area contributed by atoms with Gasteiger partial charge in [0.1, 0.15) is 23.8 Å². The summed E-state index contributed by atoms with van der Waals surface area (Å²) in [5, 5.41) is 18.3. The molecule has 0 saturated heterocycles. The van der Waals surface area contributed by atoms with E-state index in [1.54, 1.807) is 24.3 Å². The first-order valence-corrected chi connectivity index (χ1v) is 7.89. The molecule has 0 bridgehead atoms. The fourth-order valence-corrected chi connectivity index (χ4v) is 2.29. The second kappa shape index (κ2) is 7.56. The van der Waals surface area contributed by atoms with E-state index in [1.807, 2.05) is 13.0 Å². The van der Waals surface area contributed by atoms with Crippen LogP contribution in [0.1, 0.15) is 26.6 Å². The lowest BCUT2D eigenvalue weighted by atomic mass is 10.2. The minimum Gasteiger partial charge on any atom is -0.492 e. The van der Waals surface area contributed by atoms with Gasteiger partial charge in [0.25, 0.3) is 5.91 Å². The summed E-state index contributed by atoms with van der Waals surface area (Å²) in [5.41, 5.74) is 0.996. The minimum atomic E-state index is -1.02. The smallest absolute Gasteiger partial charge is 0.335 e. The summed E-state index contributed by atoms with van der Waals surface area (Å²) in [5.74, 6) is 0.429. The lowest BCUT2D eigenvalue weighted by Gasteiger charge is -2.07. The number of aromatic nitrogens is 2. The van der Waals surface area contributed by atoms with E-state index in [0.29, 0.717) is 17.2 Å². The van der Waals surface area contributed by atoms with Gasteiger partial charge in [0.2, 0.25) is 0 Å². The average molecular weight is 355 g/mol. The van der Waals surface area contributed by atoms with E-state index in [-0.39, 0.29) is 30.3 Å². The Hall–Kier alpha value is -3.55. The first-order valence-electron chi connectivity index (χ1n) is 7.89. The maximum Gasteiger partial charge on any atom is 0.335 e. The molecule has 1 amide bonds. The molecule has 3 rings (SSSR count). The number of carbonyl (C=O) groups excluding carboxylic acids is 1. The van der Waals surface area contributed by atoms with E-state index in [0.717, 1.165) is 5.76 Å². The van der Waals surface area contributed by atoms with Crippen LogP contribution < -0.4 is 10.1 Å². The van der Waals surface area contributed by atoms with Crippen molar-refractivity contribution in [3.05, 3.63) is 59.5 Å². The number of carboxylic acid groups (broad SMARTS) is 1. The van der Waals surface area contributed by atoms with Gasteiger partial charge < -0.3 is 19.6 Å². The zero-order valence-electron chi connectivity index (χ0n) is 14.0. The predicted octanol–water partition coefficient (Wildman–Crippen LogP) is 2.49. The Morgan fingerprint density at radius 2 is 2.12 bits per heavy atom. The van der Waals surface area contributed by atoms with E-state index in [4.69, 9.17) is 14.3 Å². The standard InChI is InChI=1S/C18H17N3O5/c1-11-5-6-16(26-11)14-10-15(21-20-14)17(22)19-7-8-25-13-4-2-3-12(9-13)18(23)24/h2-6,9-10H,7-8H2,1H3,(H,19,22)(H,20,21)(H,23,24). The number of nitrogens with one attached hydrogen (secondary N) is 2. The van der Waals surface area contributed by atoms with Crippen molar-refractivity contribution >= 4 is 11.9 Å². The van der Waals surface area contributed by atoms with Gasteiger partial charge in [0.15, 0.2) is 11.5 Å². The number of hydrogen-bond donors (Lipinski definition) is 3. The lowest BCUT2D eigenvalue weighted by molar-refractivity contribution is 0.0696. The third kappa shape index (κ3) is 4.10. The molecular formula is C18H17N3O5. The van der Waals surface area contributed by atoms with E-state index in [9.17, 15) is 9.59 Å². The Labute approximate surface area is 148 Å². The molecule has 0 radical (unpaired) electrons. The molecule has 2 heterocycles. The third-order valence-corrected chi connectivity index (χ3v) is 3.55. The van der Waals surface area contributed by atoms with Gasteiger partial charge in [0.05, 0.1) is 12.1 Å². The highest BCUT2D eigenvalue weighted by molar-refractivity contribution is 5.93. The van der Waals surface area contributed by atoms with Crippen LogP contribution in [-0.4, -0.2) is 40.3 Å². The van der Waals surface area contributed by atoms with Gasteiger partial charge in [-0.25, -0.2) is 4.79 Å². The fraction of sp³-hybridized carbons (Fsp3) is 0.167. The van der Waals surface area contributed by atoms with Gasteiger partial charge in [-0.1, -0.05) is 6.07 Å². The molecule has 0 atom stereocenters. The monoisotopic (exact) mass is 355 g/mol. The zero-order valence-corrected chi connectivity index (χ0v) is 14.0. The molecule has 2 aromatic heterocycles. The molecule has 1 aromatic carbocycles. The quantitative estimate of drug-likeness (QED) is 0.561. The molecule has 3 aromatic rings. The van der Waals surface area contributed by atoms with Gasteiger partial charge in [0, 0.05) is 6.07 Å². The van der Waals surface area contributed by atoms with E-state index < -0.39 is 5.97 Å². The van der Waals surface area contributed by atoms with E-state index in [1.165, 1.54) is 12.1 Å². The Morgan fingerprint density at radius 3 is 2.85 bits per heavy atom. The van der Waals surface area contributed by atoms with Crippen LogP contribution in [0.15, 0.2) is 46.9 Å². The van der Waals surface area contributed by atoms with Crippen molar-refractivity contribution in [2.45, 2.75) is 6.92 Å².